The second-order valence-corrected chi connectivity index (χ2v) is 5.38. The number of hydrogen-bond donors (Lipinski definition) is 1. The summed E-state index contributed by atoms with van der Waals surface area (Å²) in [4.78, 5) is 0. The summed E-state index contributed by atoms with van der Waals surface area (Å²) in [5.41, 5.74) is 2.95. The summed E-state index contributed by atoms with van der Waals surface area (Å²) in [5, 5.41) is 3.60. The summed E-state index contributed by atoms with van der Waals surface area (Å²) in [7, 11) is 0. The van der Waals surface area contributed by atoms with Crippen LogP contribution in [0.2, 0.25) is 0 Å². The van der Waals surface area contributed by atoms with Crippen LogP contribution in [0.25, 0.3) is 0 Å². The predicted octanol–water partition coefficient (Wildman–Crippen LogP) is 4.36. The van der Waals surface area contributed by atoms with Crippen LogP contribution in [0.3, 0.4) is 0 Å². The van der Waals surface area contributed by atoms with Crippen LogP contribution in [-0.4, -0.2) is 13.1 Å². The Labute approximate surface area is 127 Å². The molecule has 1 aliphatic heterocycles. The van der Waals surface area contributed by atoms with E-state index in [9.17, 15) is 0 Å². The van der Waals surface area contributed by atoms with Gasteiger partial charge in [0.25, 0.3) is 0 Å². The van der Waals surface area contributed by atoms with Gasteiger partial charge in [-0.3, -0.25) is 0 Å². The highest BCUT2D eigenvalue weighted by molar-refractivity contribution is 5.85. The van der Waals surface area contributed by atoms with Crippen molar-refractivity contribution in [3.8, 4) is 0 Å². The molecule has 2 aromatic rings. The number of halogens is 1. The topological polar surface area (TPSA) is 12.0 Å². The Morgan fingerprint density at radius 2 is 1.30 bits per heavy atom. The van der Waals surface area contributed by atoms with Crippen LogP contribution in [0.15, 0.2) is 60.7 Å². The van der Waals surface area contributed by atoms with E-state index < -0.39 is 0 Å². The van der Waals surface area contributed by atoms with E-state index >= 15 is 0 Å². The van der Waals surface area contributed by atoms with Crippen molar-refractivity contribution in [1.29, 1.82) is 0 Å². The molecular formula is C18H22ClN. The van der Waals surface area contributed by atoms with Crippen molar-refractivity contribution in [2.24, 2.45) is 0 Å². The van der Waals surface area contributed by atoms with Gasteiger partial charge in [-0.2, -0.15) is 0 Å². The first-order chi connectivity index (χ1) is 9.45. The number of nitrogens with one attached hydrogen (secondary N) is 1. The Morgan fingerprint density at radius 3 is 1.90 bits per heavy atom. The third kappa shape index (κ3) is 3.41. The third-order valence-corrected chi connectivity index (χ3v) is 4.17. The van der Waals surface area contributed by atoms with Gasteiger partial charge in [0.2, 0.25) is 0 Å². The molecule has 0 unspecified atom stereocenters. The van der Waals surface area contributed by atoms with Crippen molar-refractivity contribution in [3.63, 3.8) is 0 Å². The van der Waals surface area contributed by atoms with E-state index in [0.29, 0.717) is 11.8 Å². The average molecular weight is 288 g/mol. The molecule has 20 heavy (non-hydrogen) atoms. The summed E-state index contributed by atoms with van der Waals surface area (Å²) >= 11 is 0. The third-order valence-electron chi connectivity index (χ3n) is 4.17. The lowest BCUT2D eigenvalue weighted by Crippen LogP contribution is -2.22. The van der Waals surface area contributed by atoms with Crippen LogP contribution in [0, 0.1) is 0 Å². The van der Waals surface area contributed by atoms with Crippen LogP contribution in [0.5, 0.6) is 0 Å². The van der Waals surface area contributed by atoms with Gasteiger partial charge < -0.3 is 5.32 Å². The summed E-state index contributed by atoms with van der Waals surface area (Å²) in [5.74, 6) is 1.23. The van der Waals surface area contributed by atoms with Crippen LogP contribution in [-0.2, 0) is 0 Å². The average Bonchev–Trinajstić information content (AvgIpc) is 2.75. The van der Waals surface area contributed by atoms with Gasteiger partial charge in [-0.1, -0.05) is 60.7 Å². The molecule has 1 aliphatic rings. The highest BCUT2D eigenvalue weighted by atomic mass is 35.5. The maximum absolute atomic E-state index is 3.60. The summed E-state index contributed by atoms with van der Waals surface area (Å²) < 4.78 is 0. The van der Waals surface area contributed by atoms with E-state index in [0.717, 1.165) is 13.1 Å². The van der Waals surface area contributed by atoms with Gasteiger partial charge in [-0.25, -0.2) is 0 Å². The zero-order valence-electron chi connectivity index (χ0n) is 11.7. The van der Waals surface area contributed by atoms with Crippen LogP contribution in [0.4, 0.5) is 0 Å². The summed E-state index contributed by atoms with van der Waals surface area (Å²) in [6.45, 7) is 2.23. The lowest BCUT2D eigenvalue weighted by atomic mass is 9.79. The van der Waals surface area contributed by atoms with E-state index in [1.807, 2.05) is 0 Å². The molecule has 0 aromatic heterocycles. The molecule has 1 heterocycles. The van der Waals surface area contributed by atoms with Gasteiger partial charge in [0.15, 0.2) is 0 Å². The minimum atomic E-state index is 0. The SMILES string of the molecule is Cl.c1ccc([C@@H]2CCCNC[C@H]2c2ccccc2)cc1. The van der Waals surface area contributed by atoms with Crippen LogP contribution < -0.4 is 5.32 Å². The van der Waals surface area contributed by atoms with Crippen molar-refractivity contribution >= 4 is 12.4 Å². The highest BCUT2D eigenvalue weighted by Crippen LogP contribution is 2.37. The molecule has 0 bridgehead atoms. The Bertz CT molecular complexity index is 450. The van der Waals surface area contributed by atoms with Crippen molar-refractivity contribution in [1.82, 2.24) is 5.32 Å². The Morgan fingerprint density at radius 1 is 0.750 bits per heavy atom. The van der Waals surface area contributed by atoms with Gasteiger partial charge in [0.1, 0.15) is 0 Å². The van der Waals surface area contributed by atoms with Gasteiger partial charge in [-0.15, -0.1) is 12.4 Å². The zero-order chi connectivity index (χ0) is 12.9. The van der Waals surface area contributed by atoms with E-state index in [4.69, 9.17) is 0 Å². The minimum Gasteiger partial charge on any atom is -0.316 e. The van der Waals surface area contributed by atoms with Crippen molar-refractivity contribution in [3.05, 3.63) is 71.8 Å². The molecule has 1 saturated heterocycles. The summed E-state index contributed by atoms with van der Waals surface area (Å²) in [6.07, 6.45) is 2.54. The smallest absolute Gasteiger partial charge is 0.00322 e. The molecule has 0 radical (unpaired) electrons. The van der Waals surface area contributed by atoms with E-state index in [1.54, 1.807) is 0 Å². The molecule has 0 saturated carbocycles. The van der Waals surface area contributed by atoms with Crippen molar-refractivity contribution in [2.75, 3.05) is 13.1 Å². The number of rotatable bonds is 2. The minimum absolute atomic E-state index is 0. The molecular weight excluding hydrogens is 266 g/mol. The zero-order valence-corrected chi connectivity index (χ0v) is 12.5. The summed E-state index contributed by atoms with van der Waals surface area (Å²) in [6, 6.07) is 22.0. The standard InChI is InChI=1S/C18H21N.ClH/c1-3-8-15(9-4-1)17-12-7-13-19-14-18(17)16-10-5-2-6-11-16;/h1-6,8-11,17-19H,7,12-14H2;1H/t17-,18-;/m0./s1. The Balaban J connectivity index is 0.00000147. The maximum atomic E-state index is 3.60. The van der Waals surface area contributed by atoms with Gasteiger partial charge in [0.05, 0.1) is 0 Å². The molecule has 106 valence electrons. The normalized spacial score (nSPS) is 22.6. The number of hydrogen-bond acceptors (Lipinski definition) is 1. The van der Waals surface area contributed by atoms with Gasteiger partial charge >= 0.3 is 0 Å². The van der Waals surface area contributed by atoms with E-state index in [1.165, 1.54) is 24.0 Å². The molecule has 0 aliphatic carbocycles. The predicted molar refractivity (Wildman–Crippen MR) is 87.7 cm³/mol. The Hall–Kier alpha value is -1.31. The fourth-order valence-corrected chi connectivity index (χ4v) is 3.20. The highest BCUT2D eigenvalue weighted by Gasteiger charge is 2.25. The lowest BCUT2D eigenvalue weighted by molar-refractivity contribution is 0.527. The lowest BCUT2D eigenvalue weighted by Gasteiger charge is -2.26. The molecule has 1 fully saturated rings. The van der Waals surface area contributed by atoms with Crippen molar-refractivity contribution in [2.45, 2.75) is 24.7 Å². The molecule has 1 nitrogen and oxygen atoms in total. The monoisotopic (exact) mass is 287 g/mol. The van der Waals surface area contributed by atoms with Crippen molar-refractivity contribution < 1.29 is 0 Å². The van der Waals surface area contributed by atoms with Crippen LogP contribution in [0.1, 0.15) is 35.8 Å². The first-order valence-electron chi connectivity index (χ1n) is 7.26. The second-order valence-electron chi connectivity index (χ2n) is 5.38. The Kier molecular flexibility index (Phi) is 5.63. The first kappa shape index (κ1) is 15.1. The van der Waals surface area contributed by atoms with Crippen LogP contribution >= 0.6 is 12.4 Å². The second kappa shape index (κ2) is 7.47. The quantitative estimate of drug-likeness (QED) is 0.865. The maximum Gasteiger partial charge on any atom is 0.00322 e. The fourth-order valence-electron chi connectivity index (χ4n) is 3.20. The molecule has 3 rings (SSSR count). The molecule has 2 heteroatoms. The first-order valence-corrected chi connectivity index (χ1v) is 7.26. The fraction of sp³-hybridized carbons (Fsp3) is 0.333. The van der Waals surface area contributed by atoms with Gasteiger partial charge in [0, 0.05) is 12.5 Å². The van der Waals surface area contributed by atoms with Gasteiger partial charge in [-0.05, 0) is 36.4 Å². The molecule has 0 amide bonds. The largest absolute Gasteiger partial charge is 0.316 e. The molecule has 2 atom stereocenters. The number of benzene rings is 2. The van der Waals surface area contributed by atoms with E-state index in [2.05, 4.69) is 66.0 Å². The molecule has 0 spiro atoms. The van der Waals surface area contributed by atoms with E-state index in [-0.39, 0.29) is 12.4 Å². The molecule has 2 aromatic carbocycles. The molecule has 1 N–H and O–H groups in total.